The Morgan fingerprint density at radius 2 is 1.72 bits per heavy atom. The standard InChI is InChI=1S/C30H41N3O3/c1-6-11-26(21(2)34)29(36)33(25-17-15-23(16-18-25)30(3,4)5)27(22-12-10-19-31-20-22)28(35)32-24-13-8-7-9-14-24/h10,12,15-20,24,26-27H,6-9,11,13-14H2,1-5H3,(H,32,35). The topological polar surface area (TPSA) is 79.4 Å². The number of carbonyl (C=O) groups excluding carboxylic acids is 3. The largest absolute Gasteiger partial charge is 0.351 e. The molecule has 1 aromatic carbocycles. The monoisotopic (exact) mass is 491 g/mol. The lowest BCUT2D eigenvalue weighted by atomic mass is 9.87. The molecular weight excluding hydrogens is 450 g/mol. The molecule has 1 aliphatic carbocycles. The molecule has 6 nitrogen and oxygen atoms in total. The maximum Gasteiger partial charge on any atom is 0.248 e. The summed E-state index contributed by atoms with van der Waals surface area (Å²) in [6, 6.07) is 10.5. The first-order valence-electron chi connectivity index (χ1n) is 13.3. The summed E-state index contributed by atoms with van der Waals surface area (Å²) in [4.78, 5) is 46.3. The highest BCUT2D eigenvalue weighted by Gasteiger charge is 2.38. The molecule has 2 aromatic rings. The molecule has 1 fully saturated rings. The number of hydrogen-bond donors (Lipinski definition) is 1. The first kappa shape index (κ1) is 27.6. The summed E-state index contributed by atoms with van der Waals surface area (Å²) < 4.78 is 0. The predicted octanol–water partition coefficient (Wildman–Crippen LogP) is 5.91. The molecule has 194 valence electrons. The van der Waals surface area contributed by atoms with Crippen LogP contribution >= 0.6 is 0 Å². The predicted molar refractivity (Wildman–Crippen MR) is 144 cm³/mol. The van der Waals surface area contributed by atoms with Crippen LogP contribution in [-0.2, 0) is 19.8 Å². The van der Waals surface area contributed by atoms with Gasteiger partial charge in [0, 0.05) is 29.7 Å². The fourth-order valence-corrected chi connectivity index (χ4v) is 4.97. The summed E-state index contributed by atoms with van der Waals surface area (Å²) in [6.07, 6.45) is 9.65. The third-order valence-corrected chi connectivity index (χ3v) is 7.07. The number of hydrogen-bond acceptors (Lipinski definition) is 4. The quantitative estimate of drug-likeness (QED) is 0.443. The molecule has 2 unspecified atom stereocenters. The number of nitrogens with one attached hydrogen (secondary N) is 1. The Labute approximate surface area is 215 Å². The Balaban J connectivity index is 2.11. The SMILES string of the molecule is CCCC(C(C)=O)C(=O)N(c1ccc(C(C)(C)C)cc1)C(C(=O)NC1CCCCC1)c1cccnc1. The van der Waals surface area contributed by atoms with Crippen LogP contribution in [0.2, 0.25) is 0 Å². The fraction of sp³-hybridized carbons (Fsp3) is 0.533. The molecule has 36 heavy (non-hydrogen) atoms. The average molecular weight is 492 g/mol. The summed E-state index contributed by atoms with van der Waals surface area (Å²) in [5.41, 5.74) is 2.29. The highest BCUT2D eigenvalue weighted by molar-refractivity contribution is 6.10. The van der Waals surface area contributed by atoms with Crippen molar-refractivity contribution in [3.8, 4) is 0 Å². The Kier molecular flexibility index (Phi) is 9.41. The molecule has 0 radical (unpaired) electrons. The van der Waals surface area contributed by atoms with Crippen molar-refractivity contribution >= 4 is 23.3 Å². The van der Waals surface area contributed by atoms with Gasteiger partial charge in [-0.1, -0.05) is 71.6 Å². The van der Waals surface area contributed by atoms with Crippen molar-refractivity contribution in [3.63, 3.8) is 0 Å². The number of ketones is 1. The number of Topliss-reactive ketones (excluding diaryl/α,β-unsaturated/α-hetero) is 1. The van der Waals surface area contributed by atoms with E-state index < -0.39 is 12.0 Å². The molecule has 1 aromatic heterocycles. The summed E-state index contributed by atoms with van der Waals surface area (Å²) in [5, 5.41) is 3.21. The molecule has 1 saturated carbocycles. The minimum atomic E-state index is -0.924. The molecule has 6 heteroatoms. The van der Waals surface area contributed by atoms with E-state index in [2.05, 4.69) is 31.1 Å². The minimum Gasteiger partial charge on any atom is -0.351 e. The number of benzene rings is 1. The van der Waals surface area contributed by atoms with Gasteiger partial charge >= 0.3 is 0 Å². The highest BCUT2D eigenvalue weighted by atomic mass is 16.2. The van der Waals surface area contributed by atoms with Crippen molar-refractivity contribution < 1.29 is 14.4 Å². The van der Waals surface area contributed by atoms with Crippen LogP contribution in [0.1, 0.15) is 96.7 Å². The van der Waals surface area contributed by atoms with E-state index in [4.69, 9.17) is 0 Å². The van der Waals surface area contributed by atoms with Gasteiger partial charge in [-0.15, -0.1) is 0 Å². The van der Waals surface area contributed by atoms with Crippen molar-refractivity contribution in [1.29, 1.82) is 0 Å². The van der Waals surface area contributed by atoms with Gasteiger partial charge < -0.3 is 5.32 Å². The molecule has 0 aliphatic heterocycles. The van der Waals surface area contributed by atoms with E-state index >= 15 is 0 Å². The van der Waals surface area contributed by atoms with Crippen molar-refractivity contribution in [2.75, 3.05) is 4.90 Å². The van der Waals surface area contributed by atoms with Crippen LogP contribution in [0.3, 0.4) is 0 Å². The number of nitrogens with zero attached hydrogens (tertiary/aromatic N) is 2. The lowest BCUT2D eigenvalue weighted by Gasteiger charge is -2.35. The van der Waals surface area contributed by atoms with Crippen LogP contribution in [-0.4, -0.2) is 28.6 Å². The van der Waals surface area contributed by atoms with E-state index in [0.717, 1.165) is 31.2 Å². The smallest absolute Gasteiger partial charge is 0.248 e. The van der Waals surface area contributed by atoms with Crippen LogP contribution in [0.15, 0.2) is 48.8 Å². The summed E-state index contributed by atoms with van der Waals surface area (Å²) >= 11 is 0. The van der Waals surface area contributed by atoms with Crippen molar-refractivity contribution in [3.05, 3.63) is 59.9 Å². The first-order valence-corrected chi connectivity index (χ1v) is 13.3. The summed E-state index contributed by atoms with van der Waals surface area (Å²) in [6.45, 7) is 9.82. The van der Waals surface area contributed by atoms with Crippen LogP contribution in [0.5, 0.6) is 0 Å². The Hall–Kier alpha value is -3.02. The van der Waals surface area contributed by atoms with E-state index in [0.29, 0.717) is 24.1 Å². The van der Waals surface area contributed by atoms with Crippen LogP contribution in [0, 0.1) is 5.92 Å². The number of anilines is 1. The minimum absolute atomic E-state index is 0.0569. The van der Waals surface area contributed by atoms with Crippen LogP contribution in [0.25, 0.3) is 0 Å². The van der Waals surface area contributed by atoms with Gasteiger partial charge in [-0.2, -0.15) is 0 Å². The van der Waals surface area contributed by atoms with E-state index in [-0.39, 0.29) is 29.1 Å². The third kappa shape index (κ3) is 6.80. The Morgan fingerprint density at radius 3 is 2.25 bits per heavy atom. The first-order chi connectivity index (χ1) is 17.1. The number of rotatable bonds is 9. The molecule has 2 atom stereocenters. The molecule has 3 rings (SSSR count). The normalized spacial score (nSPS) is 16.1. The summed E-state index contributed by atoms with van der Waals surface area (Å²) in [5.74, 6) is -1.57. The maximum atomic E-state index is 14.1. The second-order valence-electron chi connectivity index (χ2n) is 11.0. The zero-order chi connectivity index (χ0) is 26.3. The summed E-state index contributed by atoms with van der Waals surface area (Å²) in [7, 11) is 0. The molecule has 0 saturated heterocycles. The van der Waals surface area contributed by atoms with Crippen molar-refractivity contribution in [1.82, 2.24) is 10.3 Å². The van der Waals surface area contributed by atoms with E-state index in [1.165, 1.54) is 18.2 Å². The average Bonchev–Trinajstić information content (AvgIpc) is 2.86. The van der Waals surface area contributed by atoms with Gasteiger partial charge in [0.2, 0.25) is 11.8 Å². The van der Waals surface area contributed by atoms with Gasteiger partial charge in [0.15, 0.2) is 0 Å². The Bertz CT molecular complexity index is 1020. The molecule has 2 amide bonds. The lowest BCUT2D eigenvalue weighted by Crippen LogP contribution is -2.49. The van der Waals surface area contributed by atoms with Crippen LogP contribution < -0.4 is 10.2 Å². The second-order valence-corrected chi connectivity index (χ2v) is 11.0. The van der Waals surface area contributed by atoms with E-state index in [1.54, 1.807) is 18.5 Å². The Morgan fingerprint density at radius 1 is 1.06 bits per heavy atom. The van der Waals surface area contributed by atoms with Gasteiger partial charge in [-0.3, -0.25) is 24.3 Å². The van der Waals surface area contributed by atoms with Gasteiger partial charge in [0.25, 0.3) is 0 Å². The number of amides is 2. The molecule has 0 spiro atoms. The van der Waals surface area contributed by atoms with Crippen LogP contribution in [0.4, 0.5) is 5.69 Å². The lowest BCUT2D eigenvalue weighted by molar-refractivity contribution is -0.134. The van der Waals surface area contributed by atoms with E-state index in [1.807, 2.05) is 37.3 Å². The number of aromatic nitrogens is 1. The number of carbonyl (C=O) groups is 3. The van der Waals surface area contributed by atoms with Crippen molar-refractivity contribution in [2.45, 2.75) is 97.1 Å². The van der Waals surface area contributed by atoms with Crippen molar-refractivity contribution in [2.24, 2.45) is 5.92 Å². The second kappa shape index (κ2) is 12.3. The molecule has 1 N–H and O–H groups in total. The van der Waals surface area contributed by atoms with Gasteiger partial charge in [0.05, 0.1) is 5.92 Å². The van der Waals surface area contributed by atoms with Gasteiger partial charge in [0.1, 0.15) is 11.8 Å². The highest BCUT2D eigenvalue weighted by Crippen LogP contribution is 2.33. The molecule has 0 bridgehead atoms. The fourth-order valence-electron chi connectivity index (χ4n) is 4.97. The number of pyridine rings is 1. The van der Waals surface area contributed by atoms with Gasteiger partial charge in [-0.25, -0.2) is 0 Å². The zero-order valence-corrected chi connectivity index (χ0v) is 22.4. The molecule has 1 aliphatic rings. The van der Waals surface area contributed by atoms with Gasteiger partial charge in [-0.05, 0) is 55.4 Å². The maximum absolute atomic E-state index is 14.1. The third-order valence-electron chi connectivity index (χ3n) is 7.07. The zero-order valence-electron chi connectivity index (χ0n) is 22.4. The van der Waals surface area contributed by atoms with E-state index in [9.17, 15) is 14.4 Å². The molecule has 1 heterocycles. The molecular formula is C30H41N3O3.